The largest absolute Gasteiger partial charge is 0.493 e. The normalized spacial score (nSPS) is 18.6. The SMILES string of the molecule is COc1cc([C@@H](C)NC(=O)N2CCNC(=O)[C@H]2C)ccc1OC(C)C. The predicted octanol–water partition coefficient (Wildman–Crippen LogP) is 2.07. The van der Waals surface area contributed by atoms with E-state index in [2.05, 4.69) is 10.6 Å². The highest BCUT2D eigenvalue weighted by molar-refractivity contribution is 5.88. The second-order valence-electron chi connectivity index (χ2n) is 6.41. The molecule has 0 unspecified atom stereocenters. The van der Waals surface area contributed by atoms with Gasteiger partial charge in [-0.1, -0.05) is 6.07 Å². The van der Waals surface area contributed by atoms with E-state index in [0.717, 1.165) is 5.56 Å². The predicted molar refractivity (Wildman–Crippen MR) is 94.9 cm³/mol. The van der Waals surface area contributed by atoms with Gasteiger partial charge in [0.25, 0.3) is 0 Å². The molecule has 1 aromatic rings. The zero-order valence-electron chi connectivity index (χ0n) is 15.5. The van der Waals surface area contributed by atoms with Crippen LogP contribution in [0, 0.1) is 0 Å². The molecule has 2 N–H and O–H groups in total. The van der Waals surface area contributed by atoms with E-state index in [-0.39, 0.29) is 24.1 Å². The van der Waals surface area contributed by atoms with Crippen LogP contribution < -0.4 is 20.1 Å². The zero-order valence-corrected chi connectivity index (χ0v) is 15.5. The van der Waals surface area contributed by atoms with Gasteiger partial charge in [-0.3, -0.25) is 4.79 Å². The highest BCUT2D eigenvalue weighted by atomic mass is 16.5. The van der Waals surface area contributed by atoms with Gasteiger partial charge in [0.2, 0.25) is 5.91 Å². The Kier molecular flexibility index (Phi) is 6.12. The molecule has 7 heteroatoms. The Morgan fingerprint density at radius 1 is 1.32 bits per heavy atom. The second kappa shape index (κ2) is 8.09. The van der Waals surface area contributed by atoms with Gasteiger partial charge in [-0.05, 0) is 45.4 Å². The van der Waals surface area contributed by atoms with Gasteiger partial charge in [0.05, 0.1) is 19.3 Å². The number of hydrogen-bond donors (Lipinski definition) is 2. The Bertz CT molecular complexity index is 633. The smallest absolute Gasteiger partial charge is 0.318 e. The number of hydrogen-bond acceptors (Lipinski definition) is 4. The summed E-state index contributed by atoms with van der Waals surface area (Å²) in [6.07, 6.45) is 0.0450. The average Bonchev–Trinajstić information content (AvgIpc) is 2.56. The summed E-state index contributed by atoms with van der Waals surface area (Å²) in [4.78, 5) is 25.7. The number of urea groups is 1. The van der Waals surface area contributed by atoms with E-state index in [9.17, 15) is 9.59 Å². The van der Waals surface area contributed by atoms with Crippen LogP contribution in [0.25, 0.3) is 0 Å². The molecule has 1 aliphatic rings. The van der Waals surface area contributed by atoms with Crippen LogP contribution in [0.2, 0.25) is 0 Å². The standard InChI is InChI=1S/C18H27N3O4/c1-11(2)25-15-7-6-14(10-16(15)24-5)12(3)20-18(23)21-9-8-19-17(22)13(21)4/h6-7,10-13H,8-9H2,1-5H3,(H,19,22)(H,20,23)/t12-,13-/m1/s1. The second-order valence-corrected chi connectivity index (χ2v) is 6.41. The highest BCUT2D eigenvalue weighted by Crippen LogP contribution is 2.31. The minimum Gasteiger partial charge on any atom is -0.493 e. The van der Waals surface area contributed by atoms with Gasteiger partial charge >= 0.3 is 6.03 Å². The van der Waals surface area contributed by atoms with Crippen molar-refractivity contribution >= 4 is 11.9 Å². The summed E-state index contributed by atoms with van der Waals surface area (Å²) >= 11 is 0. The topological polar surface area (TPSA) is 79.9 Å². The van der Waals surface area contributed by atoms with E-state index < -0.39 is 6.04 Å². The van der Waals surface area contributed by atoms with Crippen molar-refractivity contribution in [3.8, 4) is 11.5 Å². The number of amides is 3. The van der Waals surface area contributed by atoms with Crippen molar-refractivity contribution < 1.29 is 19.1 Å². The van der Waals surface area contributed by atoms with Crippen molar-refractivity contribution in [3.63, 3.8) is 0 Å². The quantitative estimate of drug-likeness (QED) is 0.853. The lowest BCUT2D eigenvalue weighted by atomic mass is 10.1. The lowest BCUT2D eigenvalue weighted by molar-refractivity contribution is -0.126. The summed E-state index contributed by atoms with van der Waals surface area (Å²) in [5, 5.41) is 5.69. The summed E-state index contributed by atoms with van der Waals surface area (Å²) in [6, 6.07) is 4.64. The van der Waals surface area contributed by atoms with Crippen LogP contribution in [0.3, 0.4) is 0 Å². The monoisotopic (exact) mass is 349 g/mol. The van der Waals surface area contributed by atoms with E-state index in [4.69, 9.17) is 9.47 Å². The molecule has 1 aromatic carbocycles. The molecule has 0 saturated carbocycles. The molecule has 138 valence electrons. The molecule has 7 nitrogen and oxygen atoms in total. The van der Waals surface area contributed by atoms with Crippen LogP contribution in [0.5, 0.6) is 11.5 Å². The highest BCUT2D eigenvalue weighted by Gasteiger charge is 2.30. The van der Waals surface area contributed by atoms with E-state index in [1.54, 1.807) is 18.9 Å². The first kappa shape index (κ1) is 18.9. The molecule has 1 heterocycles. The van der Waals surface area contributed by atoms with Gasteiger partial charge in [0, 0.05) is 13.1 Å². The number of ether oxygens (including phenoxy) is 2. The van der Waals surface area contributed by atoms with E-state index in [1.807, 2.05) is 39.0 Å². The molecule has 2 rings (SSSR count). The molecule has 0 aliphatic carbocycles. The third kappa shape index (κ3) is 4.55. The molecule has 0 radical (unpaired) electrons. The van der Waals surface area contributed by atoms with Crippen molar-refractivity contribution in [3.05, 3.63) is 23.8 Å². The fourth-order valence-corrected chi connectivity index (χ4v) is 2.72. The Morgan fingerprint density at radius 3 is 2.68 bits per heavy atom. The fourth-order valence-electron chi connectivity index (χ4n) is 2.72. The van der Waals surface area contributed by atoms with Crippen molar-refractivity contribution in [2.75, 3.05) is 20.2 Å². The van der Waals surface area contributed by atoms with E-state index in [1.165, 1.54) is 0 Å². The van der Waals surface area contributed by atoms with Gasteiger partial charge in [-0.25, -0.2) is 4.79 Å². The number of nitrogens with zero attached hydrogens (tertiary/aromatic N) is 1. The third-order valence-corrected chi connectivity index (χ3v) is 4.15. The van der Waals surface area contributed by atoms with Gasteiger partial charge in [-0.2, -0.15) is 0 Å². The molecule has 1 fully saturated rings. The van der Waals surface area contributed by atoms with Crippen molar-refractivity contribution in [1.82, 2.24) is 15.5 Å². The maximum Gasteiger partial charge on any atom is 0.318 e. The Labute approximate surface area is 148 Å². The minimum atomic E-state index is -0.475. The minimum absolute atomic E-state index is 0.0450. The number of piperazine rings is 1. The van der Waals surface area contributed by atoms with Gasteiger partial charge < -0.3 is 25.0 Å². The van der Waals surface area contributed by atoms with E-state index in [0.29, 0.717) is 24.6 Å². The lowest BCUT2D eigenvalue weighted by Crippen LogP contribution is -2.58. The van der Waals surface area contributed by atoms with Crippen molar-refractivity contribution in [1.29, 1.82) is 0 Å². The first-order valence-corrected chi connectivity index (χ1v) is 8.53. The summed E-state index contributed by atoms with van der Waals surface area (Å²) in [5.41, 5.74) is 0.899. The molecule has 1 aliphatic heterocycles. The molecule has 0 aromatic heterocycles. The maximum absolute atomic E-state index is 12.5. The number of benzene rings is 1. The summed E-state index contributed by atoms with van der Waals surface area (Å²) in [5.74, 6) is 1.16. The molecule has 2 atom stereocenters. The van der Waals surface area contributed by atoms with Gasteiger partial charge in [0.15, 0.2) is 11.5 Å². The van der Waals surface area contributed by atoms with Crippen molar-refractivity contribution in [2.45, 2.75) is 45.9 Å². The first-order valence-electron chi connectivity index (χ1n) is 8.53. The molecule has 3 amide bonds. The third-order valence-electron chi connectivity index (χ3n) is 4.15. The van der Waals surface area contributed by atoms with Crippen LogP contribution in [0.1, 0.15) is 39.3 Å². The molecule has 0 spiro atoms. The number of carbonyl (C=O) groups excluding carboxylic acids is 2. The Balaban J connectivity index is 2.08. The summed E-state index contributed by atoms with van der Waals surface area (Å²) < 4.78 is 11.1. The lowest BCUT2D eigenvalue weighted by Gasteiger charge is -2.33. The van der Waals surface area contributed by atoms with Crippen LogP contribution >= 0.6 is 0 Å². The number of nitrogens with one attached hydrogen (secondary N) is 2. The molecule has 0 bridgehead atoms. The van der Waals surface area contributed by atoms with Crippen LogP contribution in [-0.4, -0.2) is 49.2 Å². The Hall–Kier alpha value is -2.44. The van der Waals surface area contributed by atoms with E-state index >= 15 is 0 Å². The fraction of sp³-hybridized carbons (Fsp3) is 0.556. The van der Waals surface area contributed by atoms with Crippen molar-refractivity contribution in [2.24, 2.45) is 0 Å². The zero-order chi connectivity index (χ0) is 18.6. The molecule has 1 saturated heterocycles. The average molecular weight is 349 g/mol. The van der Waals surface area contributed by atoms with Crippen LogP contribution in [0.4, 0.5) is 4.79 Å². The van der Waals surface area contributed by atoms with Crippen LogP contribution in [-0.2, 0) is 4.79 Å². The number of carbonyl (C=O) groups is 2. The number of rotatable bonds is 5. The summed E-state index contributed by atoms with van der Waals surface area (Å²) in [6.45, 7) is 8.48. The maximum atomic E-state index is 12.5. The molecular weight excluding hydrogens is 322 g/mol. The first-order chi connectivity index (χ1) is 11.8. The number of methoxy groups -OCH3 is 1. The Morgan fingerprint density at radius 2 is 2.04 bits per heavy atom. The molecular formula is C18H27N3O4. The van der Waals surface area contributed by atoms with Gasteiger partial charge in [0.1, 0.15) is 6.04 Å². The van der Waals surface area contributed by atoms with Crippen LogP contribution in [0.15, 0.2) is 18.2 Å². The molecule has 25 heavy (non-hydrogen) atoms. The van der Waals surface area contributed by atoms with Gasteiger partial charge in [-0.15, -0.1) is 0 Å². The summed E-state index contributed by atoms with van der Waals surface area (Å²) in [7, 11) is 1.59.